The second-order valence-electron chi connectivity index (χ2n) is 4.38. The van der Waals surface area contributed by atoms with E-state index in [1.807, 2.05) is 13.2 Å². The summed E-state index contributed by atoms with van der Waals surface area (Å²) in [6, 6.07) is 0. The quantitative estimate of drug-likeness (QED) is 0.769. The molecule has 15 heavy (non-hydrogen) atoms. The zero-order chi connectivity index (χ0) is 10.7. The largest absolute Gasteiger partial charge is 0.381 e. The Morgan fingerprint density at radius 3 is 2.80 bits per heavy atom. The highest BCUT2D eigenvalue weighted by molar-refractivity contribution is 5.00. The summed E-state index contributed by atoms with van der Waals surface area (Å²) in [5.74, 6) is 0. The van der Waals surface area contributed by atoms with Gasteiger partial charge in [0.15, 0.2) is 0 Å². The fourth-order valence-electron chi connectivity index (χ4n) is 2.12. The molecule has 5 nitrogen and oxygen atoms in total. The molecule has 0 aliphatic carbocycles. The standard InChI is InChI=1S/C10H18N4O/c1-14-7-9(12-13-14)6-10(8-11)2-4-15-5-3-10/h7H,2-6,8,11H2,1H3. The van der Waals surface area contributed by atoms with Gasteiger partial charge in [0.1, 0.15) is 0 Å². The summed E-state index contributed by atoms with van der Waals surface area (Å²) in [5.41, 5.74) is 7.09. The second-order valence-corrected chi connectivity index (χ2v) is 4.38. The number of nitrogens with zero attached hydrogens (tertiary/aromatic N) is 3. The molecule has 0 saturated carbocycles. The van der Waals surface area contributed by atoms with Gasteiger partial charge in [-0.25, -0.2) is 0 Å². The Bertz CT molecular complexity index is 317. The van der Waals surface area contributed by atoms with Crippen LogP contribution in [0.2, 0.25) is 0 Å². The molecule has 2 rings (SSSR count). The predicted molar refractivity (Wildman–Crippen MR) is 56.2 cm³/mol. The van der Waals surface area contributed by atoms with Crippen LogP contribution in [-0.4, -0.2) is 34.8 Å². The van der Waals surface area contributed by atoms with E-state index in [-0.39, 0.29) is 5.41 Å². The molecule has 0 spiro atoms. The lowest BCUT2D eigenvalue weighted by molar-refractivity contribution is 0.0187. The van der Waals surface area contributed by atoms with Crippen LogP contribution in [0.3, 0.4) is 0 Å². The van der Waals surface area contributed by atoms with Gasteiger partial charge in [-0.3, -0.25) is 4.68 Å². The van der Waals surface area contributed by atoms with Crippen LogP contribution in [0, 0.1) is 5.41 Å². The van der Waals surface area contributed by atoms with E-state index in [1.165, 1.54) is 0 Å². The van der Waals surface area contributed by atoms with Crippen molar-refractivity contribution < 1.29 is 4.74 Å². The molecule has 1 saturated heterocycles. The summed E-state index contributed by atoms with van der Waals surface area (Å²) in [6.45, 7) is 2.34. The zero-order valence-corrected chi connectivity index (χ0v) is 9.15. The molecule has 2 N–H and O–H groups in total. The molecule has 1 fully saturated rings. The number of aromatic nitrogens is 3. The maximum atomic E-state index is 5.88. The monoisotopic (exact) mass is 210 g/mol. The average Bonchev–Trinajstić information content (AvgIpc) is 2.65. The first-order valence-corrected chi connectivity index (χ1v) is 5.37. The predicted octanol–water partition coefficient (Wildman–Crippen LogP) is 0.113. The molecule has 0 aromatic carbocycles. The van der Waals surface area contributed by atoms with Gasteiger partial charge in [0.25, 0.3) is 0 Å². The van der Waals surface area contributed by atoms with Gasteiger partial charge in [-0.2, -0.15) is 0 Å². The van der Waals surface area contributed by atoms with Crippen molar-refractivity contribution in [1.82, 2.24) is 15.0 Å². The van der Waals surface area contributed by atoms with Crippen molar-refractivity contribution in [3.63, 3.8) is 0 Å². The lowest BCUT2D eigenvalue weighted by Gasteiger charge is -2.35. The third-order valence-corrected chi connectivity index (χ3v) is 3.19. The first-order valence-electron chi connectivity index (χ1n) is 5.37. The zero-order valence-electron chi connectivity index (χ0n) is 9.15. The minimum absolute atomic E-state index is 0.175. The number of rotatable bonds is 3. The topological polar surface area (TPSA) is 66.0 Å². The van der Waals surface area contributed by atoms with Gasteiger partial charge in [-0.15, -0.1) is 5.10 Å². The third kappa shape index (κ3) is 2.35. The van der Waals surface area contributed by atoms with Crippen LogP contribution >= 0.6 is 0 Å². The number of ether oxygens (including phenoxy) is 1. The molecule has 1 aromatic heterocycles. The van der Waals surface area contributed by atoms with Crippen molar-refractivity contribution in [1.29, 1.82) is 0 Å². The van der Waals surface area contributed by atoms with Gasteiger partial charge in [0.2, 0.25) is 0 Å². The molecule has 84 valence electrons. The normalized spacial score (nSPS) is 20.4. The van der Waals surface area contributed by atoms with Crippen LogP contribution in [0.5, 0.6) is 0 Å². The van der Waals surface area contributed by atoms with E-state index in [1.54, 1.807) is 4.68 Å². The van der Waals surface area contributed by atoms with E-state index in [0.29, 0.717) is 6.54 Å². The van der Waals surface area contributed by atoms with Crippen molar-refractivity contribution in [2.45, 2.75) is 19.3 Å². The molecular formula is C10H18N4O. The summed E-state index contributed by atoms with van der Waals surface area (Å²) >= 11 is 0. The summed E-state index contributed by atoms with van der Waals surface area (Å²) < 4.78 is 7.11. The van der Waals surface area contributed by atoms with Crippen LogP contribution in [0.4, 0.5) is 0 Å². The number of nitrogens with two attached hydrogens (primary N) is 1. The van der Waals surface area contributed by atoms with Gasteiger partial charge in [-0.1, -0.05) is 5.21 Å². The first-order chi connectivity index (χ1) is 7.24. The van der Waals surface area contributed by atoms with E-state index < -0.39 is 0 Å². The molecule has 0 amide bonds. The molecule has 0 unspecified atom stereocenters. The van der Waals surface area contributed by atoms with E-state index in [2.05, 4.69) is 10.3 Å². The van der Waals surface area contributed by atoms with Gasteiger partial charge in [0.05, 0.1) is 5.69 Å². The Kier molecular flexibility index (Phi) is 3.02. The van der Waals surface area contributed by atoms with Gasteiger partial charge >= 0.3 is 0 Å². The van der Waals surface area contributed by atoms with Crippen LogP contribution in [-0.2, 0) is 18.2 Å². The number of aryl methyl sites for hydroxylation is 1. The van der Waals surface area contributed by atoms with Crippen LogP contribution in [0.15, 0.2) is 6.20 Å². The number of hydrogen-bond acceptors (Lipinski definition) is 4. The third-order valence-electron chi connectivity index (χ3n) is 3.19. The Balaban J connectivity index is 2.06. The maximum absolute atomic E-state index is 5.88. The highest BCUT2D eigenvalue weighted by Crippen LogP contribution is 2.32. The van der Waals surface area contributed by atoms with Crippen molar-refractivity contribution in [3.8, 4) is 0 Å². The van der Waals surface area contributed by atoms with Gasteiger partial charge in [0, 0.05) is 32.9 Å². The minimum Gasteiger partial charge on any atom is -0.381 e. The van der Waals surface area contributed by atoms with E-state index in [0.717, 1.165) is 38.2 Å². The number of hydrogen-bond donors (Lipinski definition) is 1. The average molecular weight is 210 g/mol. The molecule has 5 heteroatoms. The van der Waals surface area contributed by atoms with E-state index in [9.17, 15) is 0 Å². The van der Waals surface area contributed by atoms with Crippen molar-refractivity contribution >= 4 is 0 Å². The highest BCUT2D eigenvalue weighted by Gasteiger charge is 2.32. The van der Waals surface area contributed by atoms with Crippen LogP contribution < -0.4 is 5.73 Å². The Labute approximate surface area is 89.6 Å². The summed E-state index contributed by atoms with van der Waals surface area (Å²) in [5, 5.41) is 8.06. The highest BCUT2D eigenvalue weighted by atomic mass is 16.5. The van der Waals surface area contributed by atoms with Crippen LogP contribution in [0.25, 0.3) is 0 Å². The summed E-state index contributed by atoms with van der Waals surface area (Å²) in [6.07, 6.45) is 4.94. The minimum atomic E-state index is 0.175. The molecule has 0 atom stereocenters. The van der Waals surface area contributed by atoms with Crippen molar-refractivity contribution in [2.24, 2.45) is 18.2 Å². The maximum Gasteiger partial charge on any atom is 0.0833 e. The summed E-state index contributed by atoms with van der Waals surface area (Å²) in [7, 11) is 1.88. The SMILES string of the molecule is Cn1cc(CC2(CN)CCOCC2)nn1. The first kappa shape index (κ1) is 10.6. The van der Waals surface area contributed by atoms with Crippen molar-refractivity contribution in [3.05, 3.63) is 11.9 Å². The second kappa shape index (κ2) is 4.28. The Morgan fingerprint density at radius 1 is 1.53 bits per heavy atom. The van der Waals surface area contributed by atoms with Gasteiger partial charge in [-0.05, 0) is 24.8 Å². The smallest absolute Gasteiger partial charge is 0.0833 e. The van der Waals surface area contributed by atoms with E-state index in [4.69, 9.17) is 10.5 Å². The molecule has 0 radical (unpaired) electrons. The molecular weight excluding hydrogens is 192 g/mol. The molecule has 1 aromatic rings. The Morgan fingerprint density at radius 2 is 2.27 bits per heavy atom. The summed E-state index contributed by atoms with van der Waals surface area (Å²) in [4.78, 5) is 0. The van der Waals surface area contributed by atoms with Crippen molar-refractivity contribution in [2.75, 3.05) is 19.8 Å². The molecule has 2 heterocycles. The molecule has 1 aliphatic heterocycles. The van der Waals surface area contributed by atoms with Crippen LogP contribution in [0.1, 0.15) is 18.5 Å². The fraction of sp³-hybridized carbons (Fsp3) is 0.800. The fourth-order valence-corrected chi connectivity index (χ4v) is 2.12. The lowest BCUT2D eigenvalue weighted by Crippen LogP contribution is -2.38. The Hall–Kier alpha value is -0.940. The lowest BCUT2D eigenvalue weighted by atomic mass is 9.76. The molecule has 1 aliphatic rings. The van der Waals surface area contributed by atoms with Gasteiger partial charge < -0.3 is 10.5 Å². The molecule has 0 bridgehead atoms. The van der Waals surface area contributed by atoms with E-state index >= 15 is 0 Å².